The van der Waals surface area contributed by atoms with Gasteiger partial charge in [0.15, 0.2) is 6.10 Å². The van der Waals surface area contributed by atoms with Crippen LogP contribution in [-0.4, -0.2) is 29.0 Å². The zero-order valence-corrected chi connectivity index (χ0v) is 15.7. The van der Waals surface area contributed by atoms with Gasteiger partial charge in [-0.3, -0.25) is 9.78 Å². The summed E-state index contributed by atoms with van der Waals surface area (Å²) in [5, 5.41) is 3.66. The molecule has 1 fully saturated rings. The molecule has 0 bridgehead atoms. The Kier molecular flexibility index (Phi) is 5.55. The van der Waals surface area contributed by atoms with E-state index in [-0.39, 0.29) is 11.9 Å². The van der Waals surface area contributed by atoms with Crippen LogP contribution in [0.2, 0.25) is 0 Å². The number of fused-ring (bicyclic) bond motifs is 1. The van der Waals surface area contributed by atoms with Gasteiger partial charge >= 0.3 is 5.97 Å². The number of benzene rings is 1. The normalized spacial score (nSPS) is 14.9. The number of nitrogens with one attached hydrogen (secondary N) is 1. The second kappa shape index (κ2) is 7.85. The quantitative estimate of drug-likeness (QED) is 0.772. The van der Waals surface area contributed by atoms with Crippen molar-refractivity contribution in [3.8, 4) is 0 Å². The summed E-state index contributed by atoms with van der Waals surface area (Å²) in [4.78, 5) is 29.9. The molecule has 1 atom stereocenters. The molecule has 1 saturated carbocycles. The van der Waals surface area contributed by atoms with E-state index >= 15 is 0 Å². The first-order chi connectivity index (χ1) is 12.5. The monoisotopic (exact) mass is 354 g/mol. The molecule has 138 valence electrons. The first kappa shape index (κ1) is 18.4. The number of pyridine rings is 1. The molecule has 26 heavy (non-hydrogen) atoms. The van der Waals surface area contributed by atoms with Crippen LogP contribution in [-0.2, 0) is 22.4 Å². The van der Waals surface area contributed by atoms with Gasteiger partial charge in [0.2, 0.25) is 0 Å². The summed E-state index contributed by atoms with van der Waals surface area (Å²) >= 11 is 0. The number of hydrogen-bond donors (Lipinski definition) is 1. The second-order valence-corrected chi connectivity index (χ2v) is 6.86. The molecule has 1 aliphatic carbocycles. The first-order valence-corrected chi connectivity index (χ1v) is 9.47. The highest BCUT2D eigenvalue weighted by Gasteiger charge is 2.28. The van der Waals surface area contributed by atoms with Crippen LogP contribution in [0.4, 0.5) is 0 Å². The van der Waals surface area contributed by atoms with Crippen molar-refractivity contribution in [2.45, 2.75) is 65.0 Å². The molecule has 0 saturated heterocycles. The fourth-order valence-electron chi connectivity index (χ4n) is 3.18. The van der Waals surface area contributed by atoms with E-state index in [1.807, 2.05) is 31.2 Å². The van der Waals surface area contributed by atoms with Gasteiger partial charge in [0.25, 0.3) is 5.91 Å². The summed E-state index contributed by atoms with van der Waals surface area (Å²) in [6.07, 6.45) is 3.65. The van der Waals surface area contributed by atoms with Crippen LogP contribution >= 0.6 is 0 Å². The van der Waals surface area contributed by atoms with Gasteiger partial charge in [-0.2, -0.15) is 0 Å². The number of carbonyl (C=O) groups is 2. The maximum Gasteiger partial charge on any atom is 0.339 e. The Morgan fingerprint density at radius 3 is 2.65 bits per heavy atom. The lowest BCUT2D eigenvalue weighted by Gasteiger charge is -2.18. The first-order valence-electron chi connectivity index (χ1n) is 9.47. The van der Waals surface area contributed by atoms with Gasteiger partial charge in [-0.05, 0) is 44.2 Å². The number of nitrogens with zero attached hydrogens (tertiary/aromatic N) is 1. The third kappa shape index (κ3) is 3.87. The Morgan fingerprint density at radius 1 is 1.27 bits per heavy atom. The van der Waals surface area contributed by atoms with Crippen LogP contribution in [0.15, 0.2) is 24.3 Å². The molecule has 0 spiro atoms. The third-order valence-electron chi connectivity index (χ3n) is 4.70. The topological polar surface area (TPSA) is 68.3 Å². The Labute approximate surface area is 154 Å². The molecule has 1 aromatic heterocycles. The maximum absolute atomic E-state index is 13.0. The van der Waals surface area contributed by atoms with Crippen molar-refractivity contribution >= 4 is 22.8 Å². The Morgan fingerprint density at radius 2 is 2.00 bits per heavy atom. The number of esters is 1. The molecule has 2 aromatic rings. The van der Waals surface area contributed by atoms with E-state index in [1.165, 1.54) is 0 Å². The predicted molar refractivity (Wildman–Crippen MR) is 101 cm³/mol. The number of para-hydroxylation sites is 1. The Hall–Kier alpha value is -2.43. The summed E-state index contributed by atoms with van der Waals surface area (Å²) < 4.78 is 5.53. The molecule has 1 N–H and O–H groups in total. The minimum Gasteiger partial charge on any atom is -0.449 e. The summed E-state index contributed by atoms with van der Waals surface area (Å²) in [5.41, 5.74) is 3.20. The number of aryl methyl sites for hydroxylation is 1. The van der Waals surface area contributed by atoms with Crippen molar-refractivity contribution in [2.24, 2.45) is 0 Å². The fourth-order valence-corrected chi connectivity index (χ4v) is 3.18. The van der Waals surface area contributed by atoms with Crippen molar-refractivity contribution in [1.29, 1.82) is 0 Å². The number of ether oxygens (including phenoxy) is 1. The van der Waals surface area contributed by atoms with Crippen molar-refractivity contribution in [2.75, 3.05) is 0 Å². The van der Waals surface area contributed by atoms with Crippen LogP contribution in [0.1, 0.15) is 61.6 Å². The predicted octanol–water partition coefficient (Wildman–Crippen LogP) is 3.57. The summed E-state index contributed by atoms with van der Waals surface area (Å²) in [7, 11) is 0. The summed E-state index contributed by atoms with van der Waals surface area (Å²) in [6.45, 7) is 5.74. The Balaban J connectivity index is 1.95. The van der Waals surface area contributed by atoms with Crippen molar-refractivity contribution < 1.29 is 14.3 Å². The van der Waals surface area contributed by atoms with Crippen molar-refractivity contribution in [3.05, 3.63) is 41.1 Å². The summed E-state index contributed by atoms with van der Waals surface area (Å²) in [6, 6.07) is 7.85. The number of carbonyl (C=O) groups excluding carboxylic acids is 2. The van der Waals surface area contributed by atoms with Crippen LogP contribution in [0.3, 0.4) is 0 Å². The Bertz CT molecular complexity index is 827. The lowest BCUT2D eigenvalue weighted by molar-refractivity contribution is -0.129. The van der Waals surface area contributed by atoms with E-state index in [4.69, 9.17) is 9.72 Å². The third-order valence-corrected chi connectivity index (χ3v) is 4.70. The maximum atomic E-state index is 13.0. The molecule has 0 radical (unpaired) electrons. The summed E-state index contributed by atoms with van der Waals surface area (Å²) in [5.74, 6) is -0.678. The number of rotatable bonds is 7. The van der Waals surface area contributed by atoms with Gasteiger partial charge in [-0.1, -0.05) is 38.5 Å². The van der Waals surface area contributed by atoms with E-state index in [1.54, 1.807) is 6.92 Å². The van der Waals surface area contributed by atoms with Gasteiger partial charge in [0, 0.05) is 17.1 Å². The van der Waals surface area contributed by atoms with Crippen LogP contribution in [0, 0.1) is 0 Å². The van der Waals surface area contributed by atoms with Crippen molar-refractivity contribution in [3.63, 3.8) is 0 Å². The van der Waals surface area contributed by atoms with Gasteiger partial charge in [-0.25, -0.2) is 4.79 Å². The molecular weight excluding hydrogens is 328 g/mol. The van der Waals surface area contributed by atoms with E-state index in [0.717, 1.165) is 47.8 Å². The van der Waals surface area contributed by atoms with Crippen LogP contribution in [0.25, 0.3) is 10.9 Å². The SMILES string of the molecule is CCCc1nc2ccccc2c(C(=O)OC(C)C(=O)NC2CC2)c1CC. The van der Waals surface area contributed by atoms with Crippen LogP contribution < -0.4 is 5.32 Å². The number of aromatic nitrogens is 1. The van der Waals surface area contributed by atoms with Gasteiger partial charge in [0.05, 0.1) is 11.1 Å². The molecule has 1 heterocycles. The molecule has 0 aliphatic heterocycles. The van der Waals surface area contributed by atoms with Gasteiger partial charge in [0.1, 0.15) is 0 Å². The standard InChI is InChI=1S/C21H26N2O3/c1-4-8-17-15(5-2)19(16-9-6-7-10-18(16)23-17)21(25)26-13(3)20(24)22-14-11-12-14/h6-7,9-10,13-14H,4-5,8,11-12H2,1-3H3,(H,22,24). The number of hydrogen-bond acceptors (Lipinski definition) is 4. The molecule has 3 rings (SSSR count). The van der Waals surface area contributed by atoms with E-state index in [0.29, 0.717) is 12.0 Å². The van der Waals surface area contributed by atoms with E-state index in [2.05, 4.69) is 12.2 Å². The smallest absolute Gasteiger partial charge is 0.339 e. The largest absolute Gasteiger partial charge is 0.449 e. The highest BCUT2D eigenvalue weighted by Crippen LogP contribution is 2.26. The molecule has 1 aromatic carbocycles. The lowest BCUT2D eigenvalue weighted by atomic mass is 9.96. The average molecular weight is 354 g/mol. The zero-order valence-electron chi connectivity index (χ0n) is 15.7. The fraction of sp³-hybridized carbons (Fsp3) is 0.476. The highest BCUT2D eigenvalue weighted by atomic mass is 16.5. The minimum absolute atomic E-state index is 0.231. The van der Waals surface area contributed by atoms with Gasteiger partial charge < -0.3 is 10.1 Å². The molecule has 5 nitrogen and oxygen atoms in total. The average Bonchev–Trinajstić information content (AvgIpc) is 3.44. The number of amides is 1. The molecule has 1 aliphatic rings. The molecule has 1 unspecified atom stereocenters. The molecular formula is C21H26N2O3. The second-order valence-electron chi connectivity index (χ2n) is 6.86. The van der Waals surface area contributed by atoms with Gasteiger partial charge in [-0.15, -0.1) is 0 Å². The molecule has 5 heteroatoms. The van der Waals surface area contributed by atoms with E-state index < -0.39 is 12.1 Å². The van der Waals surface area contributed by atoms with E-state index in [9.17, 15) is 9.59 Å². The van der Waals surface area contributed by atoms with Crippen LogP contribution in [0.5, 0.6) is 0 Å². The minimum atomic E-state index is -0.811. The molecule has 1 amide bonds. The van der Waals surface area contributed by atoms with Crippen molar-refractivity contribution in [1.82, 2.24) is 10.3 Å². The highest BCUT2D eigenvalue weighted by molar-refractivity contribution is 6.05. The lowest BCUT2D eigenvalue weighted by Crippen LogP contribution is -2.37. The zero-order chi connectivity index (χ0) is 18.7.